The third-order valence-corrected chi connectivity index (χ3v) is 9.56. The number of nitrogens with one attached hydrogen (secondary N) is 3. The lowest BCUT2D eigenvalue weighted by molar-refractivity contribution is -0.137. The van der Waals surface area contributed by atoms with E-state index in [-0.39, 0.29) is 23.8 Å². The minimum Gasteiger partial charge on any atom is -0.383 e. The number of hydrogen-bond acceptors (Lipinski definition) is 4. The summed E-state index contributed by atoms with van der Waals surface area (Å²) >= 11 is 0. The van der Waals surface area contributed by atoms with Crippen molar-refractivity contribution >= 4 is 22.8 Å². The molecule has 2 aliphatic rings. The average Bonchev–Trinajstić information content (AvgIpc) is 3.53. The van der Waals surface area contributed by atoms with Crippen LogP contribution in [0.1, 0.15) is 75.7 Å². The van der Waals surface area contributed by atoms with Crippen LogP contribution in [-0.4, -0.2) is 48.6 Å². The lowest BCUT2D eigenvalue weighted by atomic mass is 9.65. The molecule has 1 heterocycles. The van der Waals surface area contributed by atoms with E-state index in [1.165, 1.54) is 18.4 Å². The second-order valence-electron chi connectivity index (χ2n) is 12.5. The lowest BCUT2D eigenvalue weighted by Gasteiger charge is -2.45. The van der Waals surface area contributed by atoms with Crippen molar-refractivity contribution in [3.8, 4) is 0 Å². The van der Waals surface area contributed by atoms with Crippen LogP contribution in [0.25, 0.3) is 11.0 Å². The van der Waals surface area contributed by atoms with E-state index in [9.17, 15) is 9.59 Å². The molecular weight excluding hydrogens is 488 g/mol. The lowest BCUT2D eigenvalue weighted by Crippen LogP contribution is -2.60. The summed E-state index contributed by atoms with van der Waals surface area (Å²) in [4.78, 5) is 35.1. The van der Waals surface area contributed by atoms with Gasteiger partial charge in [0.1, 0.15) is 11.9 Å². The van der Waals surface area contributed by atoms with Crippen LogP contribution >= 0.6 is 0 Å². The molecule has 3 aromatic rings. The largest absolute Gasteiger partial charge is 0.383 e. The molecule has 7 heteroatoms. The van der Waals surface area contributed by atoms with Crippen molar-refractivity contribution in [3.63, 3.8) is 0 Å². The molecule has 0 radical (unpaired) electrons. The predicted octanol–water partition coefficient (Wildman–Crippen LogP) is 5.01. The summed E-state index contributed by atoms with van der Waals surface area (Å²) < 4.78 is 5.55. The maximum atomic E-state index is 13.8. The van der Waals surface area contributed by atoms with E-state index in [0.717, 1.165) is 48.1 Å². The van der Waals surface area contributed by atoms with Gasteiger partial charge in [-0.15, -0.1) is 0 Å². The Hall–Kier alpha value is -3.19. The molecule has 3 atom stereocenters. The quantitative estimate of drug-likeness (QED) is 0.325. The van der Waals surface area contributed by atoms with Crippen LogP contribution in [0.4, 0.5) is 0 Å². The number of H-pyrrole nitrogens is 1. The van der Waals surface area contributed by atoms with Crippen molar-refractivity contribution < 1.29 is 14.3 Å². The molecule has 2 aliphatic carbocycles. The molecule has 2 amide bonds. The molecule has 2 fully saturated rings. The van der Waals surface area contributed by atoms with Gasteiger partial charge in [-0.25, -0.2) is 4.98 Å². The average molecular weight is 531 g/mol. The summed E-state index contributed by atoms with van der Waals surface area (Å²) in [7, 11) is 3.22. The first-order valence-corrected chi connectivity index (χ1v) is 14.2. The number of aromatic nitrogens is 2. The predicted molar refractivity (Wildman–Crippen MR) is 154 cm³/mol. The molecule has 0 bridgehead atoms. The monoisotopic (exact) mass is 530 g/mol. The number of carbonyl (C=O) groups is 2. The van der Waals surface area contributed by atoms with Gasteiger partial charge in [-0.3, -0.25) is 9.59 Å². The Labute approximate surface area is 231 Å². The first-order valence-electron chi connectivity index (χ1n) is 14.2. The molecule has 1 unspecified atom stereocenters. The van der Waals surface area contributed by atoms with E-state index in [1.54, 1.807) is 14.2 Å². The highest BCUT2D eigenvalue weighted by Crippen LogP contribution is 2.56. The normalized spacial score (nSPS) is 20.3. The number of aromatic amines is 1. The first-order chi connectivity index (χ1) is 18.6. The van der Waals surface area contributed by atoms with Gasteiger partial charge in [0.2, 0.25) is 11.8 Å². The van der Waals surface area contributed by atoms with Gasteiger partial charge in [0.15, 0.2) is 0 Å². The number of fused-ring (bicyclic) bond motifs is 1. The Morgan fingerprint density at radius 3 is 2.38 bits per heavy atom. The summed E-state index contributed by atoms with van der Waals surface area (Å²) in [5.41, 5.74) is 3.04. The van der Waals surface area contributed by atoms with Crippen LogP contribution in [-0.2, 0) is 26.2 Å². The molecule has 2 saturated carbocycles. The number of methoxy groups -OCH3 is 1. The summed E-state index contributed by atoms with van der Waals surface area (Å²) in [6.45, 7) is 6.51. The van der Waals surface area contributed by atoms with Gasteiger partial charge in [-0.2, -0.15) is 0 Å². The van der Waals surface area contributed by atoms with E-state index >= 15 is 0 Å². The van der Waals surface area contributed by atoms with Gasteiger partial charge in [0, 0.05) is 20.6 Å². The Morgan fingerprint density at radius 2 is 1.79 bits per heavy atom. The van der Waals surface area contributed by atoms with Crippen LogP contribution in [0.3, 0.4) is 0 Å². The summed E-state index contributed by atoms with van der Waals surface area (Å²) in [6.07, 6.45) is 6.20. The van der Waals surface area contributed by atoms with Gasteiger partial charge >= 0.3 is 0 Å². The topological polar surface area (TPSA) is 96.1 Å². The van der Waals surface area contributed by atoms with Gasteiger partial charge in [-0.1, -0.05) is 56.7 Å². The van der Waals surface area contributed by atoms with E-state index in [4.69, 9.17) is 9.72 Å². The Morgan fingerprint density at radius 1 is 1.08 bits per heavy atom. The Bertz CT molecular complexity index is 1340. The summed E-state index contributed by atoms with van der Waals surface area (Å²) in [6, 6.07) is 16.1. The number of nitrogens with zero attached hydrogens (tertiary/aromatic N) is 1. The van der Waals surface area contributed by atoms with E-state index < -0.39 is 11.5 Å². The fourth-order valence-electron chi connectivity index (χ4n) is 6.27. The standard InChI is InChI=1S/C32H42N4O3/c1-30(16-17-30)23(21-10-7-6-8-11-21)19-26-34-24-13-12-22(18-25(24)35-26)32(3,20-39-5)29(38)36-27(28(37)33-4)31(2)14-9-15-31/h6-8,10-13,18,23,27H,9,14-17,19-20H2,1-5H3,(H,33,37)(H,34,35)(H,36,38)/t23-,27+,32?/m1/s1. The van der Waals surface area contributed by atoms with Crippen LogP contribution in [0.15, 0.2) is 48.5 Å². The number of likely N-dealkylation sites (N-methyl/N-ethyl adjacent to an activating group) is 1. The molecule has 5 rings (SSSR count). The van der Waals surface area contributed by atoms with Crippen LogP contribution in [0.2, 0.25) is 0 Å². The molecular formula is C32H42N4O3. The summed E-state index contributed by atoms with van der Waals surface area (Å²) in [5.74, 6) is 0.986. The third-order valence-electron chi connectivity index (χ3n) is 9.56. The number of rotatable bonds is 11. The highest BCUT2D eigenvalue weighted by molar-refractivity contribution is 5.94. The van der Waals surface area contributed by atoms with Crippen molar-refractivity contribution in [1.29, 1.82) is 0 Å². The van der Waals surface area contributed by atoms with Gasteiger partial charge in [0.05, 0.1) is 23.1 Å². The fourth-order valence-corrected chi connectivity index (χ4v) is 6.27. The molecule has 3 N–H and O–H groups in total. The Balaban J connectivity index is 1.42. The maximum Gasteiger partial charge on any atom is 0.242 e. The van der Waals surface area contributed by atoms with Crippen molar-refractivity contribution in [2.24, 2.45) is 10.8 Å². The number of ether oxygens (including phenoxy) is 1. The SMILES string of the molecule is CNC(=O)[C@H](NC(=O)C(C)(COC)c1ccc2[nH]c(C[C@H](c3ccccc3)C3(C)CC3)nc2c1)C1(C)CCC1. The number of hydrogen-bond donors (Lipinski definition) is 3. The highest BCUT2D eigenvalue weighted by Gasteiger charge is 2.47. The van der Waals surface area contributed by atoms with E-state index in [2.05, 4.69) is 59.8 Å². The van der Waals surface area contributed by atoms with Gasteiger partial charge in [-0.05, 0) is 72.6 Å². The van der Waals surface area contributed by atoms with Crippen LogP contribution in [0, 0.1) is 10.8 Å². The number of imidazole rings is 1. The zero-order valence-electron chi connectivity index (χ0n) is 23.9. The minimum atomic E-state index is -0.984. The molecule has 0 spiro atoms. The second kappa shape index (κ2) is 10.4. The molecule has 7 nitrogen and oxygen atoms in total. The van der Waals surface area contributed by atoms with Gasteiger partial charge < -0.3 is 20.4 Å². The van der Waals surface area contributed by atoms with Crippen molar-refractivity contribution in [3.05, 3.63) is 65.5 Å². The molecule has 208 valence electrons. The first kappa shape index (κ1) is 27.4. The second-order valence-corrected chi connectivity index (χ2v) is 12.5. The number of amides is 2. The molecule has 39 heavy (non-hydrogen) atoms. The maximum absolute atomic E-state index is 13.8. The zero-order chi connectivity index (χ0) is 27.8. The third kappa shape index (κ3) is 5.21. The number of carbonyl (C=O) groups excluding carboxylic acids is 2. The molecule has 1 aromatic heterocycles. The molecule has 0 saturated heterocycles. The van der Waals surface area contributed by atoms with Gasteiger partial charge in [0.25, 0.3) is 0 Å². The van der Waals surface area contributed by atoms with Crippen LogP contribution in [0.5, 0.6) is 0 Å². The summed E-state index contributed by atoms with van der Waals surface area (Å²) in [5, 5.41) is 5.83. The highest BCUT2D eigenvalue weighted by atomic mass is 16.5. The minimum absolute atomic E-state index is 0.157. The fraction of sp³-hybridized carbons (Fsp3) is 0.531. The number of benzene rings is 2. The van der Waals surface area contributed by atoms with Crippen LogP contribution < -0.4 is 10.6 Å². The van der Waals surface area contributed by atoms with Crippen molar-refractivity contribution in [1.82, 2.24) is 20.6 Å². The van der Waals surface area contributed by atoms with E-state index in [1.807, 2.05) is 25.1 Å². The molecule has 2 aromatic carbocycles. The smallest absolute Gasteiger partial charge is 0.242 e. The molecule has 0 aliphatic heterocycles. The zero-order valence-corrected chi connectivity index (χ0v) is 23.9. The Kier molecular flexibility index (Phi) is 7.31. The van der Waals surface area contributed by atoms with Crippen molar-refractivity contribution in [2.45, 2.75) is 76.7 Å². The van der Waals surface area contributed by atoms with Crippen molar-refractivity contribution in [2.75, 3.05) is 20.8 Å². The van der Waals surface area contributed by atoms with E-state index in [0.29, 0.717) is 11.3 Å².